The number of nitrogens with zero attached hydrogens (tertiary/aromatic N) is 1. The smallest absolute Gasteiger partial charge is 0.417 e. The summed E-state index contributed by atoms with van der Waals surface area (Å²) in [5.41, 5.74) is 1.83. The zero-order chi connectivity index (χ0) is 23.7. The first-order valence-electron chi connectivity index (χ1n) is 11.1. The van der Waals surface area contributed by atoms with Crippen molar-refractivity contribution in [3.05, 3.63) is 60.2 Å². The van der Waals surface area contributed by atoms with Crippen molar-refractivity contribution in [2.24, 2.45) is 11.3 Å². The van der Waals surface area contributed by atoms with Crippen molar-refractivity contribution in [2.75, 3.05) is 0 Å². The van der Waals surface area contributed by atoms with E-state index in [0.29, 0.717) is 12.8 Å². The van der Waals surface area contributed by atoms with Crippen molar-refractivity contribution in [3.63, 3.8) is 0 Å². The van der Waals surface area contributed by atoms with E-state index in [1.54, 1.807) is 41.5 Å². The Morgan fingerprint density at radius 2 is 1.47 bits per heavy atom. The third-order valence-electron chi connectivity index (χ3n) is 5.59. The number of carbonyl (C=O) groups excluding carboxylic acids is 3. The van der Waals surface area contributed by atoms with Crippen LogP contribution in [0.25, 0.3) is 11.1 Å². The Kier molecular flexibility index (Phi) is 6.59. The summed E-state index contributed by atoms with van der Waals surface area (Å²) in [7, 11) is 0. The molecule has 1 aliphatic heterocycles. The summed E-state index contributed by atoms with van der Waals surface area (Å²) >= 11 is 0. The van der Waals surface area contributed by atoms with Gasteiger partial charge in [0.1, 0.15) is 5.60 Å². The van der Waals surface area contributed by atoms with Crippen molar-refractivity contribution in [2.45, 2.75) is 66.0 Å². The largest absolute Gasteiger partial charge is 0.443 e. The van der Waals surface area contributed by atoms with Gasteiger partial charge in [0.15, 0.2) is 5.78 Å². The first-order valence-corrected chi connectivity index (χ1v) is 11.1. The Balaban J connectivity index is 1.85. The van der Waals surface area contributed by atoms with E-state index in [0.717, 1.165) is 16.7 Å². The fourth-order valence-corrected chi connectivity index (χ4v) is 4.03. The van der Waals surface area contributed by atoms with Gasteiger partial charge in [-0.1, -0.05) is 75.4 Å². The molecule has 1 aliphatic rings. The van der Waals surface area contributed by atoms with Crippen LogP contribution in [0.1, 0.15) is 53.5 Å². The van der Waals surface area contributed by atoms with Crippen LogP contribution in [-0.4, -0.2) is 34.3 Å². The van der Waals surface area contributed by atoms with E-state index in [1.807, 2.05) is 42.5 Å². The van der Waals surface area contributed by atoms with Gasteiger partial charge in [-0.05, 0) is 50.3 Å². The third kappa shape index (κ3) is 5.45. The van der Waals surface area contributed by atoms with Gasteiger partial charge in [0.25, 0.3) is 0 Å². The third-order valence-corrected chi connectivity index (χ3v) is 5.59. The molecule has 2 aromatic rings. The number of ketones is 1. The molecular weight excluding hydrogens is 402 g/mol. The van der Waals surface area contributed by atoms with Crippen molar-refractivity contribution in [3.8, 4) is 11.1 Å². The lowest BCUT2D eigenvalue weighted by Crippen LogP contribution is -2.44. The van der Waals surface area contributed by atoms with Gasteiger partial charge in [0.05, 0.1) is 5.92 Å². The second-order valence-electron chi connectivity index (χ2n) is 10.5. The Hall–Kier alpha value is -2.95. The van der Waals surface area contributed by atoms with E-state index in [9.17, 15) is 14.4 Å². The molecule has 1 unspecified atom stereocenters. The number of Topliss-reactive ketones (excluding diaryl/α,β-unsaturated/α-hetero) is 1. The molecule has 2 atom stereocenters. The molecule has 32 heavy (non-hydrogen) atoms. The summed E-state index contributed by atoms with van der Waals surface area (Å²) in [5, 5.41) is 0. The van der Waals surface area contributed by atoms with Gasteiger partial charge < -0.3 is 4.74 Å². The van der Waals surface area contributed by atoms with Gasteiger partial charge in [0, 0.05) is 11.5 Å². The van der Waals surface area contributed by atoms with E-state index >= 15 is 0 Å². The van der Waals surface area contributed by atoms with E-state index in [2.05, 4.69) is 12.1 Å². The maximum atomic E-state index is 13.2. The van der Waals surface area contributed by atoms with Crippen LogP contribution in [-0.2, 0) is 20.7 Å². The molecule has 1 saturated heterocycles. The van der Waals surface area contributed by atoms with Gasteiger partial charge >= 0.3 is 6.09 Å². The summed E-state index contributed by atoms with van der Waals surface area (Å²) < 4.78 is 5.51. The standard InChI is InChI=1S/C27H33NO4/c1-26(2,3)23(29)22-17-21(28(24(22)30)25(31)32-27(4,5)6)16-18-12-14-20(15-13-18)19-10-8-7-9-11-19/h7-15,21-22H,16-17H2,1-6H3/t21?,22-/m0/s1. The average molecular weight is 436 g/mol. The molecule has 0 bridgehead atoms. The normalized spacial score (nSPS) is 19.2. The van der Waals surface area contributed by atoms with Crippen LogP contribution in [0.3, 0.4) is 0 Å². The van der Waals surface area contributed by atoms with Crippen LogP contribution in [0, 0.1) is 11.3 Å². The maximum absolute atomic E-state index is 13.2. The van der Waals surface area contributed by atoms with Crippen LogP contribution in [0.4, 0.5) is 4.79 Å². The number of carbonyl (C=O) groups is 3. The molecule has 1 fully saturated rings. The van der Waals surface area contributed by atoms with Gasteiger partial charge in [-0.2, -0.15) is 0 Å². The molecule has 0 aliphatic carbocycles. The Bertz CT molecular complexity index is 981. The second kappa shape index (κ2) is 8.89. The van der Waals surface area contributed by atoms with Crippen molar-refractivity contribution in [1.82, 2.24) is 4.90 Å². The van der Waals surface area contributed by atoms with Gasteiger partial charge in [-0.15, -0.1) is 0 Å². The van der Waals surface area contributed by atoms with Crippen molar-refractivity contribution >= 4 is 17.8 Å². The number of rotatable bonds is 4. The van der Waals surface area contributed by atoms with E-state index in [4.69, 9.17) is 4.74 Å². The lowest BCUT2D eigenvalue weighted by molar-refractivity contribution is -0.140. The molecule has 170 valence electrons. The van der Waals surface area contributed by atoms with Gasteiger partial charge in [-0.3, -0.25) is 9.59 Å². The maximum Gasteiger partial charge on any atom is 0.417 e. The Morgan fingerprint density at radius 1 is 0.906 bits per heavy atom. The first-order chi connectivity index (χ1) is 14.9. The molecule has 2 amide bonds. The summed E-state index contributed by atoms with van der Waals surface area (Å²) in [6, 6.07) is 17.8. The summed E-state index contributed by atoms with van der Waals surface area (Å²) in [5.74, 6) is -1.42. The summed E-state index contributed by atoms with van der Waals surface area (Å²) in [6.45, 7) is 10.7. The SMILES string of the molecule is CC(C)(C)OC(=O)N1C(=O)[C@H](C(=O)C(C)(C)C)CC1Cc1ccc(-c2ccccc2)cc1. The minimum atomic E-state index is -0.823. The zero-order valence-electron chi connectivity index (χ0n) is 19.8. The predicted octanol–water partition coefficient (Wildman–Crippen LogP) is 5.66. The highest BCUT2D eigenvalue weighted by molar-refractivity contribution is 6.09. The Labute approximate surface area is 190 Å². The fraction of sp³-hybridized carbons (Fsp3) is 0.444. The minimum Gasteiger partial charge on any atom is -0.443 e. The number of hydrogen-bond acceptors (Lipinski definition) is 4. The number of amides is 2. The van der Waals surface area contributed by atoms with Crippen LogP contribution in [0.5, 0.6) is 0 Å². The number of benzene rings is 2. The molecule has 1 heterocycles. The molecular formula is C27H33NO4. The number of hydrogen-bond donors (Lipinski definition) is 0. The monoisotopic (exact) mass is 435 g/mol. The minimum absolute atomic E-state index is 0.141. The molecule has 5 heteroatoms. The number of imide groups is 1. The van der Waals surface area contributed by atoms with E-state index < -0.39 is 35.0 Å². The highest BCUT2D eigenvalue weighted by Crippen LogP contribution is 2.34. The summed E-state index contributed by atoms with van der Waals surface area (Å²) in [4.78, 5) is 40.2. The molecule has 2 aromatic carbocycles. The fourth-order valence-electron chi connectivity index (χ4n) is 4.03. The molecule has 0 N–H and O–H groups in total. The number of ether oxygens (including phenoxy) is 1. The zero-order valence-corrected chi connectivity index (χ0v) is 19.8. The van der Waals surface area contributed by atoms with E-state index in [1.165, 1.54) is 4.90 Å². The lowest BCUT2D eigenvalue weighted by atomic mass is 9.81. The van der Waals surface area contributed by atoms with Crippen LogP contribution in [0.15, 0.2) is 54.6 Å². The van der Waals surface area contributed by atoms with Crippen LogP contribution < -0.4 is 0 Å². The van der Waals surface area contributed by atoms with Crippen molar-refractivity contribution < 1.29 is 19.1 Å². The first kappa shape index (κ1) is 23.7. The summed E-state index contributed by atoms with van der Waals surface area (Å²) in [6.07, 6.45) is 0.111. The van der Waals surface area contributed by atoms with Gasteiger partial charge in [0.2, 0.25) is 5.91 Å². The second-order valence-corrected chi connectivity index (χ2v) is 10.5. The molecule has 0 radical (unpaired) electrons. The van der Waals surface area contributed by atoms with E-state index in [-0.39, 0.29) is 5.78 Å². The Morgan fingerprint density at radius 3 is 2.00 bits per heavy atom. The topological polar surface area (TPSA) is 63.7 Å². The number of likely N-dealkylation sites (tertiary alicyclic amines) is 1. The molecule has 5 nitrogen and oxygen atoms in total. The predicted molar refractivity (Wildman–Crippen MR) is 125 cm³/mol. The lowest BCUT2D eigenvalue weighted by Gasteiger charge is -2.27. The highest BCUT2D eigenvalue weighted by Gasteiger charge is 2.49. The van der Waals surface area contributed by atoms with Gasteiger partial charge in [-0.25, -0.2) is 9.69 Å². The van der Waals surface area contributed by atoms with Crippen LogP contribution in [0.2, 0.25) is 0 Å². The average Bonchev–Trinajstić information content (AvgIpc) is 3.02. The quantitative estimate of drug-likeness (QED) is 0.581. The molecule has 3 rings (SSSR count). The molecule has 0 aromatic heterocycles. The van der Waals surface area contributed by atoms with Crippen molar-refractivity contribution in [1.29, 1.82) is 0 Å². The van der Waals surface area contributed by atoms with Crippen LogP contribution >= 0.6 is 0 Å². The molecule has 0 saturated carbocycles. The highest BCUT2D eigenvalue weighted by atomic mass is 16.6. The molecule has 0 spiro atoms.